The molecule has 1 aliphatic rings. The first kappa shape index (κ1) is 14.4. The van der Waals surface area contributed by atoms with E-state index >= 15 is 0 Å². The van der Waals surface area contributed by atoms with E-state index in [1.165, 1.54) is 0 Å². The summed E-state index contributed by atoms with van der Waals surface area (Å²) >= 11 is 0. The Morgan fingerprint density at radius 1 is 1.45 bits per heavy atom. The first-order chi connectivity index (χ1) is 9.49. The van der Waals surface area contributed by atoms with Gasteiger partial charge >= 0.3 is 5.97 Å². The van der Waals surface area contributed by atoms with Crippen molar-refractivity contribution in [3.05, 3.63) is 23.8 Å². The fourth-order valence-electron chi connectivity index (χ4n) is 2.17. The van der Waals surface area contributed by atoms with E-state index in [1.54, 1.807) is 6.92 Å². The van der Waals surface area contributed by atoms with Gasteiger partial charge in [0.1, 0.15) is 12.1 Å². The Kier molecular flexibility index (Phi) is 4.27. The highest BCUT2D eigenvalue weighted by molar-refractivity contribution is 5.91. The standard InChI is InChI=1S/C15H20N2O3/c1-4-14(18)16-11-6-5-9(2)12(8-11)17-13-7-10(3)20-15(13)19/h5-6,8,10,13,17H,4,7H2,1-3H3,(H,16,18)/t10-,13+/m0/s1. The zero-order chi connectivity index (χ0) is 14.7. The van der Waals surface area contributed by atoms with E-state index in [-0.39, 0.29) is 24.0 Å². The maximum Gasteiger partial charge on any atom is 0.328 e. The fourth-order valence-corrected chi connectivity index (χ4v) is 2.17. The molecule has 0 bridgehead atoms. The first-order valence-corrected chi connectivity index (χ1v) is 6.87. The number of ether oxygens (including phenoxy) is 1. The van der Waals surface area contributed by atoms with Gasteiger partial charge in [-0.05, 0) is 31.5 Å². The number of nitrogens with one attached hydrogen (secondary N) is 2. The molecular formula is C15H20N2O3. The van der Waals surface area contributed by atoms with Gasteiger partial charge in [0.05, 0.1) is 0 Å². The van der Waals surface area contributed by atoms with Gasteiger partial charge in [0, 0.05) is 24.2 Å². The van der Waals surface area contributed by atoms with Crippen molar-refractivity contribution in [2.45, 2.75) is 45.8 Å². The monoisotopic (exact) mass is 276 g/mol. The number of carbonyl (C=O) groups is 2. The van der Waals surface area contributed by atoms with Crippen LogP contribution in [0.25, 0.3) is 0 Å². The van der Waals surface area contributed by atoms with E-state index in [1.807, 2.05) is 32.0 Å². The lowest BCUT2D eigenvalue weighted by Gasteiger charge is -2.14. The Hall–Kier alpha value is -2.04. The number of rotatable bonds is 4. The van der Waals surface area contributed by atoms with Crippen molar-refractivity contribution in [3.8, 4) is 0 Å². The second-order valence-electron chi connectivity index (χ2n) is 5.11. The largest absolute Gasteiger partial charge is 0.461 e. The molecule has 1 heterocycles. The number of cyclic esters (lactones) is 1. The number of anilines is 2. The first-order valence-electron chi connectivity index (χ1n) is 6.87. The van der Waals surface area contributed by atoms with Crippen molar-refractivity contribution < 1.29 is 14.3 Å². The van der Waals surface area contributed by atoms with Crippen molar-refractivity contribution in [1.29, 1.82) is 0 Å². The Balaban J connectivity index is 2.12. The molecule has 0 aliphatic carbocycles. The predicted octanol–water partition coefficient (Wildman–Crippen LogP) is 2.46. The molecule has 1 aromatic rings. The molecule has 1 amide bonds. The van der Waals surface area contributed by atoms with Crippen LogP contribution in [0.4, 0.5) is 11.4 Å². The average Bonchev–Trinajstić information content (AvgIpc) is 2.71. The third-order valence-electron chi connectivity index (χ3n) is 3.34. The lowest BCUT2D eigenvalue weighted by atomic mass is 10.1. The van der Waals surface area contributed by atoms with E-state index < -0.39 is 0 Å². The molecule has 1 saturated heterocycles. The zero-order valence-electron chi connectivity index (χ0n) is 12.0. The van der Waals surface area contributed by atoms with Crippen LogP contribution in [0.1, 0.15) is 32.3 Å². The van der Waals surface area contributed by atoms with E-state index in [9.17, 15) is 9.59 Å². The third-order valence-corrected chi connectivity index (χ3v) is 3.34. The SMILES string of the molecule is CCC(=O)Nc1ccc(C)c(N[C@@H]2C[C@H](C)OC2=O)c1. The molecule has 0 unspecified atom stereocenters. The number of benzene rings is 1. The van der Waals surface area contributed by atoms with Gasteiger partial charge in [-0.2, -0.15) is 0 Å². The minimum Gasteiger partial charge on any atom is -0.461 e. The third kappa shape index (κ3) is 3.29. The maximum atomic E-state index is 11.7. The van der Waals surface area contributed by atoms with Crippen molar-refractivity contribution >= 4 is 23.3 Å². The number of esters is 1. The Morgan fingerprint density at radius 2 is 2.20 bits per heavy atom. The van der Waals surface area contributed by atoms with Gasteiger partial charge in [0.2, 0.25) is 5.91 Å². The summed E-state index contributed by atoms with van der Waals surface area (Å²) in [5.74, 6) is -0.256. The van der Waals surface area contributed by atoms with Gasteiger partial charge in [-0.1, -0.05) is 13.0 Å². The van der Waals surface area contributed by atoms with Crippen LogP contribution >= 0.6 is 0 Å². The molecule has 5 heteroatoms. The summed E-state index contributed by atoms with van der Waals surface area (Å²) in [6.45, 7) is 5.64. The number of hydrogen-bond donors (Lipinski definition) is 2. The highest BCUT2D eigenvalue weighted by atomic mass is 16.6. The highest BCUT2D eigenvalue weighted by Crippen LogP contribution is 2.24. The molecule has 0 saturated carbocycles. The van der Waals surface area contributed by atoms with Gasteiger partial charge < -0.3 is 15.4 Å². The van der Waals surface area contributed by atoms with E-state index in [0.717, 1.165) is 16.9 Å². The molecule has 2 N–H and O–H groups in total. The summed E-state index contributed by atoms with van der Waals surface area (Å²) in [4.78, 5) is 23.1. The number of aryl methyl sites for hydroxylation is 1. The van der Waals surface area contributed by atoms with Crippen LogP contribution in [0.2, 0.25) is 0 Å². The molecule has 20 heavy (non-hydrogen) atoms. The van der Waals surface area contributed by atoms with Gasteiger partial charge in [-0.25, -0.2) is 4.79 Å². The quantitative estimate of drug-likeness (QED) is 0.829. The lowest BCUT2D eigenvalue weighted by Crippen LogP contribution is -2.24. The summed E-state index contributed by atoms with van der Waals surface area (Å²) in [5.41, 5.74) is 2.59. The summed E-state index contributed by atoms with van der Waals surface area (Å²) in [7, 11) is 0. The van der Waals surface area contributed by atoms with Crippen molar-refractivity contribution in [1.82, 2.24) is 0 Å². The second kappa shape index (κ2) is 5.94. The van der Waals surface area contributed by atoms with Crippen LogP contribution < -0.4 is 10.6 Å². The van der Waals surface area contributed by atoms with Gasteiger partial charge in [0.15, 0.2) is 0 Å². The number of amides is 1. The number of carbonyl (C=O) groups excluding carboxylic acids is 2. The van der Waals surface area contributed by atoms with Gasteiger partial charge in [-0.3, -0.25) is 4.79 Å². The molecule has 1 aliphatic heterocycles. The molecule has 0 radical (unpaired) electrons. The highest BCUT2D eigenvalue weighted by Gasteiger charge is 2.31. The topological polar surface area (TPSA) is 67.4 Å². The van der Waals surface area contributed by atoms with Crippen LogP contribution in [-0.2, 0) is 14.3 Å². The zero-order valence-corrected chi connectivity index (χ0v) is 12.0. The molecule has 108 valence electrons. The molecular weight excluding hydrogens is 256 g/mol. The smallest absolute Gasteiger partial charge is 0.328 e. The van der Waals surface area contributed by atoms with E-state index in [4.69, 9.17) is 4.74 Å². The van der Waals surface area contributed by atoms with Crippen LogP contribution in [0.15, 0.2) is 18.2 Å². The van der Waals surface area contributed by atoms with Crippen molar-refractivity contribution in [2.24, 2.45) is 0 Å². The Labute approximate surface area is 118 Å². The minimum atomic E-state index is -0.319. The lowest BCUT2D eigenvalue weighted by molar-refractivity contribution is -0.141. The normalized spacial score (nSPS) is 21.4. The molecule has 1 aromatic carbocycles. The maximum absolute atomic E-state index is 11.7. The second-order valence-corrected chi connectivity index (χ2v) is 5.11. The van der Waals surface area contributed by atoms with Crippen molar-refractivity contribution in [3.63, 3.8) is 0 Å². The van der Waals surface area contributed by atoms with Crippen LogP contribution in [0, 0.1) is 6.92 Å². The molecule has 0 aromatic heterocycles. The Bertz CT molecular complexity index is 528. The molecule has 5 nitrogen and oxygen atoms in total. The van der Waals surface area contributed by atoms with Crippen LogP contribution in [-0.4, -0.2) is 24.0 Å². The van der Waals surface area contributed by atoms with Gasteiger partial charge in [-0.15, -0.1) is 0 Å². The van der Waals surface area contributed by atoms with E-state index in [0.29, 0.717) is 12.8 Å². The molecule has 2 atom stereocenters. The molecule has 1 fully saturated rings. The fraction of sp³-hybridized carbons (Fsp3) is 0.467. The summed E-state index contributed by atoms with van der Waals surface area (Å²) in [5, 5.41) is 6.00. The van der Waals surface area contributed by atoms with Crippen LogP contribution in [0.5, 0.6) is 0 Å². The molecule has 2 rings (SSSR count). The molecule has 0 spiro atoms. The predicted molar refractivity (Wildman–Crippen MR) is 77.7 cm³/mol. The Morgan fingerprint density at radius 3 is 2.80 bits per heavy atom. The van der Waals surface area contributed by atoms with E-state index in [2.05, 4.69) is 10.6 Å². The summed E-state index contributed by atoms with van der Waals surface area (Å²) in [6.07, 6.45) is 1.04. The summed E-state index contributed by atoms with van der Waals surface area (Å²) in [6, 6.07) is 5.29. The van der Waals surface area contributed by atoms with Gasteiger partial charge in [0.25, 0.3) is 0 Å². The summed E-state index contributed by atoms with van der Waals surface area (Å²) < 4.78 is 5.13. The van der Waals surface area contributed by atoms with Crippen molar-refractivity contribution in [2.75, 3.05) is 10.6 Å². The average molecular weight is 276 g/mol. The number of hydrogen-bond acceptors (Lipinski definition) is 4. The van der Waals surface area contributed by atoms with Crippen LogP contribution in [0.3, 0.4) is 0 Å². The minimum absolute atomic E-state index is 0.0336.